The fraction of sp³-hybridized carbons (Fsp3) is 0.375. The zero-order valence-electron chi connectivity index (χ0n) is 12.4. The minimum atomic E-state index is -0.666. The summed E-state index contributed by atoms with van der Waals surface area (Å²) >= 11 is 0. The summed E-state index contributed by atoms with van der Waals surface area (Å²) in [5.74, 6) is -0.0597. The summed E-state index contributed by atoms with van der Waals surface area (Å²) in [6.45, 7) is 4.35. The summed E-state index contributed by atoms with van der Waals surface area (Å²) in [5.41, 5.74) is 0.383. The van der Waals surface area contributed by atoms with Gasteiger partial charge in [0.2, 0.25) is 0 Å². The molecular weight excluding hydrogens is 276 g/mol. The first-order valence-corrected chi connectivity index (χ1v) is 6.83. The number of aryl methyl sites for hydroxylation is 1. The van der Waals surface area contributed by atoms with Crippen LogP contribution in [0.15, 0.2) is 28.7 Å². The van der Waals surface area contributed by atoms with E-state index in [0.717, 1.165) is 0 Å². The maximum atomic E-state index is 14.3. The van der Waals surface area contributed by atoms with Crippen molar-refractivity contribution in [3.05, 3.63) is 58.5 Å². The molecule has 1 unspecified atom stereocenters. The molecule has 0 saturated heterocycles. The maximum Gasteiger partial charge on any atom is 0.134 e. The smallest absolute Gasteiger partial charge is 0.134 e. The van der Waals surface area contributed by atoms with Crippen LogP contribution in [-0.4, -0.2) is 13.7 Å². The first-order chi connectivity index (χ1) is 10.1. The molecule has 0 aliphatic rings. The molecule has 0 bridgehead atoms. The monoisotopic (exact) mass is 295 g/mol. The van der Waals surface area contributed by atoms with Gasteiger partial charge in [0.1, 0.15) is 29.8 Å². The van der Waals surface area contributed by atoms with Gasteiger partial charge in [0, 0.05) is 12.7 Å². The van der Waals surface area contributed by atoms with Crippen LogP contribution in [-0.2, 0) is 11.3 Å². The van der Waals surface area contributed by atoms with Gasteiger partial charge in [-0.2, -0.15) is 0 Å². The summed E-state index contributed by atoms with van der Waals surface area (Å²) in [6.07, 6.45) is 0. The molecule has 2 rings (SSSR count). The molecule has 0 amide bonds. The average molecular weight is 295 g/mol. The van der Waals surface area contributed by atoms with Crippen LogP contribution in [0.3, 0.4) is 0 Å². The van der Waals surface area contributed by atoms with E-state index in [1.54, 1.807) is 26.2 Å². The fourth-order valence-corrected chi connectivity index (χ4v) is 2.26. The Morgan fingerprint density at radius 2 is 2.00 bits per heavy atom. The molecule has 1 atom stereocenters. The molecule has 0 fully saturated rings. The number of halogens is 2. The van der Waals surface area contributed by atoms with Gasteiger partial charge in [0.15, 0.2) is 0 Å². The molecule has 0 aliphatic heterocycles. The highest BCUT2D eigenvalue weighted by molar-refractivity contribution is 5.34. The van der Waals surface area contributed by atoms with Crippen molar-refractivity contribution in [2.75, 3.05) is 13.7 Å². The zero-order valence-corrected chi connectivity index (χ0v) is 12.4. The molecule has 1 N–H and O–H groups in total. The predicted octanol–water partition coefficient (Wildman–Crippen LogP) is 3.71. The van der Waals surface area contributed by atoms with Gasteiger partial charge in [0.25, 0.3) is 0 Å². The van der Waals surface area contributed by atoms with Crippen molar-refractivity contribution in [3.63, 3.8) is 0 Å². The van der Waals surface area contributed by atoms with Crippen molar-refractivity contribution < 1.29 is 17.9 Å². The van der Waals surface area contributed by atoms with Crippen LogP contribution in [0.1, 0.15) is 35.6 Å². The summed E-state index contributed by atoms with van der Waals surface area (Å²) in [5, 5.41) is 3.06. The fourth-order valence-electron chi connectivity index (χ4n) is 2.26. The van der Waals surface area contributed by atoms with Crippen molar-refractivity contribution in [2.24, 2.45) is 0 Å². The second-order valence-electron chi connectivity index (χ2n) is 4.82. The Labute approximate surface area is 122 Å². The molecule has 0 saturated carbocycles. The topological polar surface area (TPSA) is 34.4 Å². The first-order valence-electron chi connectivity index (χ1n) is 6.83. The van der Waals surface area contributed by atoms with Crippen molar-refractivity contribution in [3.8, 4) is 0 Å². The van der Waals surface area contributed by atoms with E-state index in [1.807, 2.05) is 6.92 Å². The van der Waals surface area contributed by atoms with Gasteiger partial charge in [-0.05, 0) is 37.2 Å². The highest BCUT2D eigenvalue weighted by atomic mass is 19.1. The lowest BCUT2D eigenvalue weighted by Crippen LogP contribution is -2.24. The van der Waals surface area contributed by atoms with Gasteiger partial charge < -0.3 is 14.5 Å². The van der Waals surface area contributed by atoms with E-state index in [9.17, 15) is 8.78 Å². The molecule has 3 nitrogen and oxygen atoms in total. The molecule has 5 heteroatoms. The van der Waals surface area contributed by atoms with E-state index >= 15 is 0 Å². The molecule has 1 aromatic carbocycles. The molecule has 2 aromatic rings. The van der Waals surface area contributed by atoms with Crippen LogP contribution in [0.25, 0.3) is 0 Å². The molecule has 0 radical (unpaired) electrons. The van der Waals surface area contributed by atoms with Crippen molar-refractivity contribution in [1.29, 1.82) is 0 Å². The number of hydrogen-bond donors (Lipinski definition) is 1. The number of hydrogen-bond acceptors (Lipinski definition) is 3. The molecule has 114 valence electrons. The van der Waals surface area contributed by atoms with E-state index in [2.05, 4.69) is 5.32 Å². The van der Waals surface area contributed by atoms with E-state index in [1.165, 1.54) is 12.1 Å². The van der Waals surface area contributed by atoms with E-state index in [-0.39, 0.29) is 5.56 Å². The second kappa shape index (κ2) is 6.83. The minimum absolute atomic E-state index is 0.0184. The average Bonchev–Trinajstić information content (AvgIpc) is 2.91. The van der Waals surface area contributed by atoms with Crippen molar-refractivity contribution in [2.45, 2.75) is 26.5 Å². The molecule has 0 aliphatic carbocycles. The standard InChI is InChI=1S/C16H19F2NO2/c1-4-19-16(13-8-6-11(21-13)9-20-3)14-12(17)7-5-10(2)15(14)18/h5-8,16,19H,4,9H2,1-3H3. The van der Waals surface area contributed by atoms with Crippen molar-refractivity contribution >= 4 is 0 Å². The van der Waals surface area contributed by atoms with Crippen LogP contribution in [0, 0.1) is 18.6 Å². The Hall–Kier alpha value is -1.72. The maximum absolute atomic E-state index is 14.3. The summed E-state index contributed by atoms with van der Waals surface area (Å²) < 4.78 is 39.0. The third-order valence-electron chi connectivity index (χ3n) is 3.27. The van der Waals surface area contributed by atoms with Crippen LogP contribution in [0.4, 0.5) is 8.78 Å². The molecule has 1 heterocycles. The third-order valence-corrected chi connectivity index (χ3v) is 3.27. The lowest BCUT2D eigenvalue weighted by atomic mass is 10.0. The van der Waals surface area contributed by atoms with E-state index in [4.69, 9.17) is 9.15 Å². The molecule has 1 aromatic heterocycles. The quantitative estimate of drug-likeness (QED) is 0.882. The van der Waals surface area contributed by atoms with Gasteiger partial charge in [-0.1, -0.05) is 13.0 Å². The summed E-state index contributed by atoms with van der Waals surface area (Å²) in [7, 11) is 1.56. The lowest BCUT2D eigenvalue weighted by molar-refractivity contribution is 0.162. The number of methoxy groups -OCH3 is 1. The van der Waals surface area contributed by atoms with Crippen LogP contribution < -0.4 is 5.32 Å². The molecular formula is C16H19F2NO2. The highest BCUT2D eigenvalue weighted by Gasteiger charge is 2.25. The predicted molar refractivity (Wildman–Crippen MR) is 76.0 cm³/mol. The third kappa shape index (κ3) is 3.31. The SMILES string of the molecule is CCNC(c1ccc(COC)o1)c1c(F)ccc(C)c1F. The number of nitrogens with one attached hydrogen (secondary N) is 1. The van der Waals surface area contributed by atoms with Gasteiger partial charge >= 0.3 is 0 Å². The van der Waals surface area contributed by atoms with Crippen molar-refractivity contribution in [1.82, 2.24) is 5.32 Å². The Bertz CT molecular complexity index is 610. The lowest BCUT2D eigenvalue weighted by Gasteiger charge is -2.18. The van der Waals surface area contributed by atoms with Gasteiger partial charge in [-0.15, -0.1) is 0 Å². The number of furan rings is 1. The molecule has 21 heavy (non-hydrogen) atoms. The number of ether oxygens (including phenoxy) is 1. The van der Waals surface area contributed by atoms with Gasteiger partial charge in [-0.3, -0.25) is 0 Å². The number of rotatable bonds is 6. The zero-order chi connectivity index (χ0) is 15.4. The summed E-state index contributed by atoms with van der Waals surface area (Å²) in [6, 6.07) is 5.49. The Balaban J connectivity index is 2.45. The van der Waals surface area contributed by atoms with Crippen LogP contribution >= 0.6 is 0 Å². The Morgan fingerprint density at radius 3 is 2.67 bits per heavy atom. The number of benzene rings is 1. The Kier molecular flexibility index (Phi) is 5.09. The van der Waals surface area contributed by atoms with Crippen LogP contribution in [0.5, 0.6) is 0 Å². The largest absolute Gasteiger partial charge is 0.462 e. The highest BCUT2D eigenvalue weighted by Crippen LogP contribution is 2.29. The molecule has 0 spiro atoms. The first kappa shape index (κ1) is 15.7. The van der Waals surface area contributed by atoms with Gasteiger partial charge in [0.05, 0.1) is 6.04 Å². The Morgan fingerprint density at radius 1 is 1.24 bits per heavy atom. The van der Waals surface area contributed by atoms with E-state index in [0.29, 0.717) is 30.2 Å². The van der Waals surface area contributed by atoms with Crippen LogP contribution in [0.2, 0.25) is 0 Å². The van der Waals surface area contributed by atoms with Gasteiger partial charge in [-0.25, -0.2) is 8.78 Å². The summed E-state index contributed by atoms with van der Waals surface area (Å²) in [4.78, 5) is 0. The second-order valence-corrected chi connectivity index (χ2v) is 4.82. The minimum Gasteiger partial charge on any atom is -0.462 e. The van der Waals surface area contributed by atoms with E-state index < -0.39 is 17.7 Å². The normalized spacial score (nSPS) is 12.6.